The number of esters is 3. The molecular weight excluding hydrogens is 506 g/mol. The molecule has 5 atom stereocenters. The highest BCUT2D eigenvalue weighted by Crippen LogP contribution is 2.31. The molecule has 1 aromatic carbocycles. The Bertz CT molecular complexity index is 949. The third-order valence-electron chi connectivity index (χ3n) is 6.33. The maximum absolute atomic E-state index is 12.5. The summed E-state index contributed by atoms with van der Waals surface area (Å²) in [6, 6.07) is 4.01. The molecule has 4 unspecified atom stereocenters. The van der Waals surface area contributed by atoms with Crippen LogP contribution in [0.3, 0.4) is 0 Å². The second-order valence-electron chi connectivity index (χ2n) is 9.83. The Labute approximate surface area is 232 Å². The lowest BCUT2D eigenvalue weighted by Gasteiger charge is -2.21. The van der Waals surface area contributed by atoms with Gasteiger partial charge in [0.05, 0.1) is 18.9 Å². The van der Waals surface area contributed by atoms with Gasteiger partial charge in [0.2, 0.25) is 0 Å². The number of nitrogens with one attached hydrogen (secondary N) is 1. The van der Waals surface area contributed by atoms with Crippen molar-refractivity contribution in [3.05, 3.63) is 23.8 Å². The van der Waals surface area contributed by atoms with Crippen molar-refractivity contribution in [2.24, 2.45) is 11.8 Å². The fourth-order valence-electron chi connectivity index (χ4n) is 3.38. The van der Waals surface area contributed by atoms with E-state index in [1.807, 2.05) is 20.8 Å². The Morgan fingerprint density at radius 1 is 0.795 bits per heavy atom. The van der Waals surface area contributed by atoms with Gasteiger partial charge >= 0.3 is 24.1 Å². The van der Waals surface area contributed by atoms with Gasteiger partial charge in [-0.2, -0.15) is 0 Å². The zero-order valence-electron chi connectivity index (χ0n) is 24.5. The van der Waals surface area contributed by atoms with E-state index in [1.165, 1.54) is 7.11 Å². The summed E-state index contributed by atoms with van der Waals surface area (Å²) >= 11 is 0. The van der Waals surface area contributed by atoms with Crippen molar-refractivity contribution in [3.8, 4) is 11.5 Å². The van der Waals surface area contributed by atoms with Gasteiger partial charge in [-0.25, -0.2) is 4.79 Å². The summed E-state index contributed by atoms with van der Waals surface area (Å²) in [5.41, 5.74) is 0.634. The van der Waals surface area contributed by atoms with Gasteiger partial charge in [0.25, 0.3) is 0 Å². The van der Waals surface area contributed by atoms with E-state index in [-0.39, 0.29) is 42.4 Å². The molecule has 0 aliphatic carbocycles. The summed E-state index contributed by atoms with van der Waals surface area (Å²) < 4.78 is 26.5. The lowest BCUT2D eigenvalue weighted by Crippen LogP contribution is -2.43. The number of rotatable bonds is 16. The number of hydrogen-bond acceptors (Lipinski definition) is 10. The topological polar surface area (TPSA) is 126 Å². The van der Waals surface area contributed by atoms with E-state index in [0.29, 0.717) is 18.4 Å². The van der Waals surface area contributed by atoms with E-state index in [2.05, 4.69) is 5.32 Å². The molecule has 0 bridgehead atoms. The van der Waals surface area contributed by atoms with Gasteiger partial charge in [-0.1, -0.05) is 47.1 Å². The van der Waals surface area contributed by atoms with Crippen molar-refractivity contribution in [3.63, 3.8) is 0 Å². The maximum Gasteiger partial charge on any atom is 0.508 e. The normalized spacial score (nSPS) is 14.8. The first kappa shape index (κ1) is 33.9. The number of ether oxygens (including phenoxy) is 5. The summed E-state index contributed by atoms with van der Waals surface area (Å²) in [7, 11) is 1.28. The Hall–Kier alpha value is -3.14. The molecule has 0 saturated carbocycles. The zero-order valence-corrected chi connectivity index (χ0v) is 24.5. The fraction of sp³-hybridized carbons (Fsp3) is 0.655. The average molecular weight is 552 g/mol. The number of benzene rings is 1. The van der Waals surface area contributed by atoms with Crippen molar-refractivity contribution in [2.45, 2.75) is 98.8 Å². The molecule has 220 valence electrons. The average Bonchev–Trinajstić information content (AvgIpc) is 2.90. The highest BCUT2D eigenvalue weighted by atomic mass is 16.7. The predicted octanol–water partition coefficient (Wildman–Crippen LogP) is 4.99. The van der Waals surface area contributed by atoms with Gasteiger partial charge in [0.15, 0.2) is 11.5 Å². The van der Waals surface area contributed by atoms with E-state index in [4.69, 9.17) is 23.7 Å². The van der Waals surface area contributed by atoms with Gasteiger partial charge in [-0.3, -0.25) is 14.4 Å². The van der Waals surface area contributed by atoms with Crippen LogP contribution in [0.4, 0.5) is 4.79 Å². The van der Waals surface area contributed by atoms with E-state index in [9.17, 15) is 19.2 Å². The molecule has 1 N–H and O–H groups in total. The van der Waals surface area contributed by atoms with Gasteiger partial charge in [-0.05, 0) is 57.2 Å². The molecule has 0 aromatic heterocycles. The number of carbonyl (C=O) groups is 4. The van der Waals surface area contributed by atoms with E-state index in [0.717, 1.165) is 12.8 Å². The quantitative estimate of drug-likeness (QED) is 0.222. The minimum atomic E-state index is -0.789. The van der Waals surface area contributed by atoms with Crippen LogP contribution in [0.5, 0.6) is 11.5 Å². The molecule has 0 heterocycles. The molecular formula is C29H45NO9. The second kappa shape index (κ2) is 17.4. The lowest BCUT2D eigenvalue weighted by atomic mass is 10.0. The maximum atomic E-state index is 12.5. The molecule has 39 heavy (non-hydrogen) atoms. The molecule has 0 saturated heterocycles. The van der Waals surface area contributed by atoms with Gasteiger partial charge in [-0.15, -0.1) is 0 Å². The van der Waals surface area contributed by atoms with E-state index < -0.39 is 36.2 Å². The molecule has 1 rings (SSSR count). The van der Waals surface area contributed by atoms with Gasteiger partial charge in [0.1, 0.15) is 18.2 Å². The predicted molar refractivity (Wildman–Crippen MR) is 146 cm³/mol. The van der Waals surface area contributed by atoms with Gasteiger partial charge < -0.3 is 29.0 Å². The summed E-state index contributed by atoms with van der Waals surface area (Å²) in [6.45, 7) is 12.9. The van der Waals surface area contributed by atoms with Crippen LogP contribution in [0.25, 0.3) is 0 Å². The van der Waals surface area contributed by atoms with Crippen LogP contribution in [-0.4, -0.2) is 56.0 Å². The Morgan fingerprint density at radius 3 is 1.90 bits per heavy atom. The van der Waals surface area contributed by atoms with Crippen LogP contribution in [0.1, 0.15) is 79.7 Å². The Balaban J connectivity index is 3.03. The van der Waals surface area contributed by atoms with Crippen LogP contribution in [0.15, 0.2) is 18.2 Å². The monoisotopic (exact) mass is 551 g/mol. The first-order chi connectivity index (χ1) is 18.4. The van der Waals surface area contributed by atoms with Crippen molar-refractivity contribution in [1.29, 1.82) is 0 Å². The first-order valence-corrected chi connectivity index (χ1v) is 13.7. The molecule has 1 aromatic rings. The SMILES string of the molecule is CCCC(C)OC(=O)OC(C)CN[C@@H](Cc1ccc(OC(=O)C(C)CC)c(OC(=O)C(C)CC)c1)C(=O)OC. The molecule has 0 fully saturated rings. The first-order valence-electron chi connectivity index (χ1n) is 13.7. The van der Waals surface area contributed by atoms with E-state index in [1.54, 1.807) is 45.9 Å². The van der Waals surface area contributed by atoms with Crippen LogP contribution >= 0.6 is 0 Å². The molecule has 10 nitrogen and oxygen atoms in total. The third-order valence-corrected chi connectivity index (χ3v) is 6.33. The Kier molecular flexibility index (Phi) is 15.2. The molecule has 0 radical (unpaired) electrons. The fourth-order valence-corrected chi connectivity index (χ4v) is 3.38. The van der Waals surface area contributed by atoms with Crippen LogP contribution in [0.2, 0.25) is 0 Å². The molecule has 0 aliphatic heterocycles. The third kappa shape index (κ3) is 12.1. The summed E-state index contributed by atoms with van der Waals surface area (Å²) in [5, 5.41) is 3.06. The molecule has 0 aliphatic rings. The summed E-state index contributed by atoms with van der Waals surface area (Å²) in [5.74, 6) is -1.87. The summed E-state index contributed by atoms with van der Waals surface area (Å²) in [6.07, 6.45) is 1.38. The number of methoxy groups -OCH3 is 1. The van der Waals surface area contributed by atoms with Crippen molar-refractivity contribution in [2.75, 3.05) is 13.7 Å². The Morgan fingerprint density at radius 2 is 1.36 bits per heavy atom. The van der Waals surface area contributed by atoms with Crippen LogP contribution in [-0.2, 0) is 35.0 Å². The minimum absolute atomic E-state index is 0.0960. The molecule has 10 heteroatoms. The number of carbonyl (C=O) groups excluding carboxylic acids is 4. The lowest BCUT2D eigenvalue weighted by molar-refractivity contribution is -0.143. The highest BCUT2D eigenvalue weighted by Gasteiger charge is 2.24. The highest BCUT2D eigenvalue weighted by molar-refractivity contribution is 5.79. The molecule has 0 spiro atoms. The van der Waals surface area contributed by atoms with Gasteiger partial charge in [0, 0.05) is 6.54 Å². The minimum Gasteiger partial charge on any atom is -0.468 e. The number of hydrogen-bond donors (Lipinski definition) is 1. The zero-order chi connectivity index (χ0) is 29.5. The van der Waals surface area contributed by atoms with Crippen LogP contribution in [0, 0.1) is 11.8 Å². The standard InChI is InChI=1S/C29H45NO9/c1-9-12-20(6)36-29(34)37-21(7)17-30-23(28(33)35-8)15-22-13-14-24(38-26(31)18(4)10-2)25(16-22)39-27(32)19(5)11-3/h13-14,16,18-21,23,30H,9-12,15,17H2,1-8H3/t18?,19?,20?,21?,23-/m0/s1. The van der Waals surface area contributed by atoms with E-state index >= 15 is 0 Å². The molecule has 0 amide bonds. The smallest absolute Gasteiger partial charge is 0.468 e. The largest absolute Gasteiger partial charge is 0.508 e. The van der Waals surface area contributed by atoms with Crippen molar-refractivity contribution in [1.82, 2.24) is 5.32 Å². The van der Waals surface area contributed by atoms with Crippen LogP contribution < -0.4 is 14.8 Å². The van der Waals surface area contributed by atoms with Crippen molar-refractivity contribution < 1.29 is 42.9 Å². The second-order valence-corrected chi connectivity index (χ2v) is 9.83. The summed E-state index contributed by atoms with van der Waals surface area (Å²) in [4.78, 5) is 49.4. The van der Waals surface area contributed by atoms with Crippen molar-refractivity contribution >= 4 is 24.1 Å².